The minimum Gasteiger partial charge on any atom is -0.352 e. The highest BCUT2D eigenvalue weighted by molar-refractivity contribution is 5.91. The quantitative estimate of drug-likeness (QED) is 0.789. The van der Waals surface area contributed by atoms with E-state index in [1.54, 1.807) is 22.7 Å². The molecule has 4 heterocycles. The molecule has 2 aliphatic heterocycles. The average molecular weight is 356 g/mol. The third-order valence-corrected chi connectivity index (χ3v) is 5.92. The fourth-order valence-corrected chi connectivity index (χ4v) is 3.86. The van der Waals surface area contributed by atoms with Crippen LogP contribution in [0.25, 0.3) is 5.65 Å². The van der Waals surface area contributed by atoms with Crippen LogP contribution in [0.4, 0.5) is 5.82 Å². The second kappa shape index (κ2) is 5.96. The Morgan fingerprint density at radius 1 is 1.19 bits per heavy atom. The molecule has 1 atom stereocenters. The zero-order valence-electron chi connectivity index (χ0n) is 15.4. The summed E-state index contributed by atoms with van der Waals surface area (Å²) in [5.74, 6) is 0.751. The van der Waals surface area contributed by atoms with Gasteiger partial charge in [0, 0.05) is 57.6 Å². The van der Waals surface area contributed by atoms with Gasteiger partial charge in [0.25, 0.3) is 0 Å². The number of amides is 2. The molecule has 2 fully saturated rings. The molecule has 2 amide bonds. The molecule has 0 saturated carbocycles. The first kappa shape index (κ1) is 16.8. The first-order valence-electron chi connectivity index (χ1n) is 8.99. The zero-order valence-corrected chi connectivity index (χ0v) is 15.4. The highest BCUT2D eigenvalue weighted by atomic mass is 16.2. The molecule has 138 valence electrons. The van der Waals surface area contributed by atoms with Crippen LogP contribution < -0.4 is 4.90 Å². The van der Waals surface area contributed by atoms with Crippen molar-refractivity contribution in [3.8, 4) is 0 Å². The van der Waals surface area contributed by atoms with E-state index < -0.39 is 5.54 Å². The van der Waals surface area contributed by atoms with Crippen molar-refractivity contribution in [3.05, 3.63) is 24.5 Å². The number of hydrogen-bond acceptors (Lipinski definition) is 5. The minimum absolute atomic E-state index is 0.0461. The Labute approximate surface area is 152 Å². The van der Waals surface area contributed by atoms with Gasteiger partial charge in [0.05, 0.1) is 5.92 Å². The number of aromatic nitrogens is 3. The number of piperazine rings is 1. The summed E-state index contributed by atoms with van der Waals surface area (Å²) in [5, 5.41) is 4.57. The lowest BCUT2D eigenvalue weighted by molar-refractivity contribution is -0.138. The van der Waals surface area contributed by atoms with Crippen molar-refractivity contribution in [2.24, 2.45) is 5.92 Å². The summed E-state index contributed by atoms with van der Waals surface area (Å²) in [7, 11) is 1.78. The molecule has 2 aliphatic rings. The van der Waals surface area contributed by atoms with Gasteiger partial charge in [-0.3, -0.25) is 9.59 Å². The lowest BCUT2D eigenvalue weighted by atomic mass is 9.87. The van der Waals surface area contributed by atoms with Gasteiger partial charge in [-0.15, -0.1) is 5.10 Å². The standard InChI is InChI=1S/C18H24N6O2/c1-18(2)13(12-16(25)21(18)3)17(26)23-10-8-22(9-11-23)15-5-4-14-19-6-7-24(14)20-15/h4-7,13H,8-12H2,1-3H3/t13-/m1/s1. The van der Waals surface area contributed by atoms with Gasteiger partial charge >= 0.3 is 0 Å². The molecule has 0 aromatic carbocycles. The highest BCUT2D eigenvalue weighted by Gasteiger charge is 2.49. The Bertz CT molecular complexity index is 852. The van der Waals surface area contributed by atoms with Crippen molar-refractivity contribution in [3.63, 3.8) is 0 Å². The maximum Gasteiger partial charge on any atom is 0.228 e. The Hall–Kier alpha value is -2.64. The Balaban J connectivity index is 1.43. The van der Waals surface area contributed by atoms with Gasteiger partial charge in [-0.2, -0.15) is 0 Å². The second-order valence-electron chi connectivity index (χ2n) is 7.60. The van der Waals surface area contributed by atoms with Gasteiger partial charge in [0.2, 0.25) is 11.8 Å². The summed E-state index contributed by atoms with van der Waals surface area (Å²) in [5.41, 5.74) is 0.388. The summed E-state index contributed by atoms with van der Waals surface area (Å²) < 4.78 is 1.76. The molecule has 0 aliphatic carbocycles. The predicted octanol–water partition coefficient (Wildman–Crippen LogP) is 0.635. The fraction of sp³-hybridized carbons (Fsp3) is 0.556. The maximum atomic E-state index is 13.0. The monoisotopic (exact) mass is 356 g/mol. The van der Waals surface area contributed by atoms with Crippen LogP contribution >= 0.6 is 0 Å². The number of carbonyl (C=O) groups excluding carboxylic acids is 2. The lowest BCUT2D eigenvalue weighted by Gasteiger charge is -2.39. The first-order valence-corrected chi connectivity index (χ1v) is 8.99. The van der Waals surface area contributed by atoms with E-state index in [-0.39, 0.29) is 17.7 Å². The number of likely N-dealkylation sites (tertiary alicyclic amines) is 1. The van der Waals surface area contributed by atoms with E-state index in [4.69, 9.17) is 0 Å². The van der Waals surface area contributed by atoms with Crippen molar-refractivity contribution < 1.29 is 9.59 Å². The summed E-state index contributed by atoms with van der Waals surface area (Å²) in [6, 6.07) is 3.91. The van der Waals surface area contributed by atoms with Crippen LogP contribution in [0, 0.1) is 5.92 Å². The fourth-order valence-electron chi connectivity index (χ4n) is 3.86. The van der Waals surface area contributed by atoms with Gasteiger partial charge in [-0.25, -0.2) is 9.50 Å². The smallest absolute Gasteiger partial charge is 0.228 e. The second-order valence-corrected chi connectivity index (χ2v) is 7.60. The number of anilines is 1. The van der Waals surface area contributed by atoms with Crippen molar-refractivity contribution in [1.29, 1.82) is 0 Å². The SMILES string of the molecule is CN1C(=O)C[C@H](C(=O)N2CCN(c3ccc4nccn4n3)CC2)C1(C)C. The molecule has 2 saturated heterocycles. The summed E-state index contributed by atoms with van der Waals surface area (Å²) >= 11 is 0. The first-order chi connectivity index (χ1) is 12.4. The highest BCUT2D eigenvalue weighted by Crippen LogP contribution is 2.35. The third-order valence-electron chi connectivity index (χ3n) is 5.92. The largest absolute Gasteiger partial charge is 0.352 e. The van der Waals surface area contributed by atoms with Gasteiger partial charge in [0.1, 0.15) is 5.82 Å². The van der Waals surface area contributed by atoms with Crippen LogP contribution in [0.1, 0.15) is 20.3 Å². The molecule has 0 bridgehead atoms. The normalized spacial score (nSPS) is 23.1. The molecule has 2 aromatic heterocycles. The number of imidazole rings is 1. The van der Waals surface area contributed by atoms with Crippen LogP contribution in [0.5, 0.6) is 0 Å². The van der Waals surface area contributed by atoms with Crippen LogP contribution in [0.2, 0.25) is 0 Å². The van der Waals surface area contributed by atoms with Crippen molar-refractivity contribution in [2.45, 2.75) is 25.8 Å². The molecular weight excluding hydrogens is 332 g/mol. The van der Waals surface area contributed by atoms with Crippen LogP contribution in [-0.4, -0.2) is 75.0 Å². The predicted molar refractivity (Wildman–Crippen MR) is 96.7 cm³/mol. The maximum absolute atomic E-state index is 13.0. The molecule has 0 spiro atoms. The van der Waals surface area contributed by atoms with Crippen molar-refractivity contribution >= 4 is 23.3 Å². The molecule has 2 aromatic rings. The molecule has 8 nitrogen and oxygen atoms in total. The number of nitrogens with zero attached hydrogens (tertiary/aromatic N) is 6. The summed E-state index contributed by atoms with van der Waals surface area (Å²) in [4.78, 5) is 35.0. The third kappa shape index (κ3) is 2.60. The van der Waals surface area contributed by atoms with Gasteiger partial charge in [-0.1, -0.05) is 0 Å². The van der Waals surface area contributed by atoms with E-state index in [9.17, 15) is 9.59 Å². The molecule has 4 rings (SSSR count). The van der Waals surface area contributed by atoms with Crippen LogP contribution in [0.15, 0.2) is 24.5 Å². The Morgan fingerprint density at radius 2 is 1.92 bits per heavy atom. The van der Waals surface area contributed by atoms with E-state index in [2.05, 4.69) is 15.0 Å². The molecule has 0 unspecified atom stereocenters. The molecule has 0 N–H and O–H groups in total. The van der Waals surface area contributed by atoms with Crippen LogP contribution in [0.3, 0.4) is 0 Å². The van der Waals surface area contributed by atoms with E-state index in [1.165, 1.54) is 0 Å². The number of hydrogen-bond donors (Lipinski definition) is 0. The summed E-state index contributed by atoms with van der Waals surface area (Å²) in [6.07, 6.45) is 3.86. The van der Waals surface area contributed by atoms with E-state index in [0.29, 0.717) is 19.5 Å². The number of rotatable bonds is 2. The summed E-state index contributed by atoms with van der Waals surface area (Å²) in [6.45, 7) is 6.70. The molecule has 8 heteroatoms. The average Bonchev–Trinajstić information content (AvgIpc) is 3.19. The van der Waals surface area contributed by atoms with Crippen molar-refractivity contribution in [2.75, 3.05) is 38.1 Å². The molecular formula is C18H24N6O2. The topological polar surface area (TPSA) is 74.1 Å². The van der Waals surface area contributed by atoms with Gasteiger partial charge < -0.3 is 14.7 Å². The zero-order chi connectivity index (χ0) is 18.5. The van der Waals surface area contributed by atoms with E-state index >= 15 is 0 Å². The number of carbonyl (C=O) groups is 2. The Kier molecular flexibility index (Phi) is 3.86. The van der Waals surface area contributed by atoms with E-state index in [1.807, 2.05) is 37.1 Å². The van der Waals surface area contributed by atoms with Crippen LogP contribution in [-0.2, 0) is 9.59 Å². The Morgan fingerprint density at radius 3 is 2.58 bits per heavy atom. The number of fused-ring (bicyclic) bond motifs is 1. The van der Waals surface area contributed by atoms with Gasteiger partial charge in [0.15, 0.2) is 5.65 Å². The molecule has 0 radical (unpaired) electrons. The van der Waals surface area contributed by atoms with Gasteiger partial charge in [-0.05, 0) is 26.0 Å². The minimum atomic E-state index is -0.431. The van der Waals surface area contributed by atoms with E-state index in [0.717, 1.165) is 24.6 Å². The lowest BCUT2D eigenvalue weighted by Crippen LogP contribution is -2.54. The molecule has 26 heavy (non-hydrogen) atoms. The van der Waals surface area contributed by atoms with Crippen molar-refractivity contribution in [1.82, 2.24) is 24.4 Å².